The van der Waals surface area contributed by atoms with Gasteiger partial charge in [0.2, 0.25) is 6.20 Å². The van der Waals surface area contributed by atoms with Crippen LogP contribution in [0.5, 0.6) is 0 Å². The van der Waals surface area contributed by atoms with Crippen molar-refractivity contribution in [2.45, 2.75) is 45.1 Å². The van der Waals surface area contributed by atoms with Crippen LogP contribution in [0.4, 0.5) is 0 Å². The van der Waals surface area contributed by atoms with Gasteiger partial charge >= 0.3 is 0 Å². The van der Waals surface area contributed by atoms with Gasteiger partial charge in [0.05, 0.1) is 16.4 Å². The van der Waals surface area contributed by atoms with E-state index in [0.717, 1.165) is 19.0 Å². The molecule has 0 aromatic heterocycles. The van der Waals surface area contributed by atoms with E-state index < -0.39 is 16.4 Å². The van der Waals surface area contributed by atoms with Crippen LogP contribution < -0.4 is 0 Å². The number of hydrogen-bond acceptors (Lipinski definition) is 4. The van der Waals surface area contributed by atoms with Gasteiger partial charge in [0.25, 0.3) is 0 Å². The Kier molecular flexibility index (Phi) is 3.80. The zero-order valence-corrected chi connectivity index (χ0v) is 9.60. The SMILES string of the molecule is C/C(=C\[N+](=O)[O-])[C@](C)(O)[C@H]1CCCCC1=O. The van der Waals surface area contributed by atoms with Crippen molar-refractivity contribution >= 4 is 5.78 Å². The van der Waals surface area contributed by atoms with E-state index in [1.54, 1.807) is 0 Å². The molecular weight excluding hydrogens is 210 g/mol. The van der Waals surface area contributed by atoms with Crippen LogP contribution >= 0.6 is 0 Å². The molecule has 1 aliphatic rings. The average molecular weight is 227 g/mol. The van der Waals surface area contributed by atoms with E-state index >= 15 is 0 Å². The molecular formula is C11H17NO4. The first kappa shape index (κ1) is 12.8. The molecule has 5 nitrogen and oxygen atoms in total. The van der Waals surface area contributed by atoms with E-state index in [2.05, 4.69) is 0 Å². The largest absolute Gasteiger partial charge is 0.385 e. The highest BCUT2D eigenvalue weighted by molar-refractivity contribution is 5.83. The summed E-state index contributed by atoms with van der Waals surface area (Å²) in [7, 11) is 0. The van der Waals surface area contributed by atoms with Crippen molar-refractivity contribution in [1.82, 2.24) is 0 Å². The highest BCUT2D eigenvalue weighted by atomic mass is 16.6. The second kappa shape index (κ2) is 4.74. The standard InChI is InChI=1S/C11H17NO4/c1-8(7-12(15)16)11(2,14)9-5-3-4-6-10(9)13/h7,9,14H,3-6H2,1-2H3/b8-7+/t9-,11-/m0/s1. The van der Waals surface area contributed by atoms with Crippen LogP contribution in [-0.4, -0.2) is 21.4 Å². The molecule has 0 unspecified atom stereocenters. The van der Waals surface area contributed by atoms with Crippen LogP contribution in [0.1, 0.15) is 39.5 Å². The fourth-order valence-corrected chi connectivity index (χ4v) is 2.14. The van der Waals surface area contributed by atoms with E-state index in [4.69, 9.17) is 0 Å². The normalized spacial score (nSPS) is 26.3. The van der Waals surface area contributed by atoms with Crippen molar-refractivity contribution in [1.29, 1.82) is 0 Å². The topological polar surface area (TPSA) is 80.4 Å². The quantitative estimate of drug-likeness (QED) is 0.587. The van der Waals surface area contributed by atoms with Gasteiger partial charge in [-0.2, -0.15) is 0 Å². The lowest BCUT2D eigenvalue weighted by molar-refractivity contribution is -0.404. The van der Waals surface area contributed by atoms with Crippen LogP contribution in [-0.2, 0) is 4.79 Å². The van der Waals surface area contributed by atoms with Crippen molar-refractivity contribution in [2.24, 2.45) is 5.92 Å². The Morgan fingerprint density at radius 2 is 2.25 bits per heavy atom. The number of nitrogens with zero attached hydrogens (tertiary/aromatic N) is 1. The third kappa shape index (κ3) is 2.66. The molecule has 1 rings (SSSR count). The first-order chi connectivity index (χ1) is 7.35. The van der Waals surface area contributed by atoms with Crippen LogP contribution in [0.15, 0.2) is 11.8 Å². The van der Waals surface area contributed by atoms with Crippen molar-refractivity contribution < 1.29 is 14.8 Å². The van der Waals surface area contributed by atoms with Crippen LogP contribution in [0.2, 0.25) is 0 Å². The maximum absolute atomic E-state index is 11.7. The molecule has 0 saturated heterocycles. The Morgan fingerprint density at radius 1 is 1.62 bits per heavy atom. The zero-order chi connectivity index (χ0) is 12.3. The monoisotopic (exact) mass is 227 g/mol. The molecule has 2 atom stereocenters. The average Bonchev–Trinajstić information content (AvgIpc) is 2.16. The first-order valence-corrected chi connectivity index (χ1v) is 5.43. The minimum Gasteiger partial charge on any atom is -0.385 e. The summed E-state index contributed by atoms with van der Waals surface area (Å²) in [5.74, 6) is -0.496. The number of nitro groups is 1. The van der Waals surface area contributed by atoms with Crippen LogP contribution in [0, 0.1) is 16.0 Å². The Hall–Kier alpha value is -1.23. The molecule has 0 amide bonds. The fourth-order valence-electron chi connectivity index (χ4n) is 2.14. The Labute approximate surface area is 94.3 Å². The number of rotatable bonds is 3. The lowest BCUT2D eigenvalue weighted by Crippen LogP contribution is -2.42. The fraction of sp³-hybridized carbons (Fsp3) is 0.727. The summed E-state index contributed by atoms with van der Waals surface area (Å²) in [6, 6.07) is 0. The van der Waals surface area contributed by atoms with E-state index in [-0.39, 0.29) is 11.4 Å². The molecule has 1 fully saturated rings. The third-order valence-corrected chi connectivity index (χ3v) is 3.33. The molecule has 1 aliphatic carbocycles. The minimum absolute atomic E-state index is 0.00680. The number of carbonyl (C=O) groups is 1. The molecule has 5 heteroatoms. The molecule has 1 N–H and O–H groups in total. The minimum atomic E-state index is -1.40. The Morgan fingerprint density at radius 3 is 2.75 bits per heavy atom. The van der Waals surface area contributed by atoms with E-state index in [1.165, 1.54) is 13.8 Å². The number of Topliss-reactive ketones (excluding diaryl/α,β-unsaturated/α-hetero) is 1. The molecule has 0 aromatic rings. The van der Waals surface area contributed by atoms with Crippen molar-refractivity contribution in [3.8, 4) is 0 Å². The molecule has 0 aromatic carbocycles. The van der Waals surface area contributed by atoms with Gasteiger partial charge in [0.15, 0.2) is 0 Å². The summed E-state index contributed by atoms with van der Waals surface area (Å²) >= 11 is 0. The molecule has 0 aliphatic heterocycles. The van der Waals surface area contributed by atoms with Crippen LogP contribution in [0.3, 0.4) is 0 Å². The maximum atomic E-state index is 11.7. The van der Waals surface area contributed by atoms with Gasteiger partial charge < -0.3 is 5.11 Å². The molecule has 0 radical (unpaired) electrons. The maximum Gasteiger partial charge on any atom is 0.236 e. The summed E-state index contributed by atoms with van der Waals surface area (Å²) in [6.45, 7) is 2.97. The third-order valence-electron chi connectivity index (χ3n) is 3.33. The summed E-state index contributed by atoms with van der Waals surface area (Å²) in [5.41, 5.74) is -1.16. The Balaban J connectivity index is 2.90. The molecule has 1 saturated carbocycles. The van der Waals surface area contributed by atoms with Crippen molar-refractivity contribution in [2.75, 3.05) is 0 Å². The van der Waals surface area contributed by atoms with E-state index in [0.29, 0.717) is 12.8 Å². The van der Waals surface area contributed by atoms with Gasteiger partial charge in [-0.15, -0.1) is 0 Å². The first-order valence-electron chi connectivity index (χ1n) is 5.43. The van der Waals surface area contributed by atoms with Gasteiger partial charge in [-0.05, 0) is 26.7 Å². The second-order valence-corrected chi connectivity index (χ2v) is 4.51. The number of ketones is 1. The van der Waals surface area contributed by atoms with E-state index in [9.17, 15) is 20.0 Å². The van der Waals surface area contributed by atoms with Gasteiger partial charge in [-0.1, -0.05) is 6.42 Å². The lowest BCUT2D eigenvalue weighted by atomic mass is 9.74. The van der Waals surface area contributed by atoms with Crippen molar-refractivity contribution in [3.63, 3.8) is 0 Å². The van der Waals surface area contributed by atoms with Crippen LogP contribution in [0.25, 0.3) is 0 Å². The number of hydrogen-bond donors (Lipinski definition) is 1. The summed E-state index contributed by atoms with van der Waals surface area (Å²) in [5, 5.41) is 20.6. The summed E-state index contributed by atoms with van der Waals surface area (Å²) in [6.07, 6.45) is 3.59. The van der Waals surface area contributed by atoms with Crippen molar-refractivity contribution in [3.05, 3.63) is 21.9 Å². The van der Waals surface area contributed by atoms with E-state index in [1.807, 2.05) is 0 Å². The van der Waals surface area contributed by atoms with Gasteiger partial charge in [-0.25, -0.2) is 0 Å². The Bertz CT molecular complexity index is 333. The molecule has 0 spiro atoms. The molecule has 16 heavy (non-hydrogen) atoms. The molecule has 0 heterocycles. The highest BCUT2D eigenvalue weighted by Gasteiger charge is 2.40. The second-order valence-electron chi connectivity index (χ2n) is 4.51. The number of aliphatic hydroxyl groups is 1. The lowest BCUT2D eigenvalue weighted by Gasteiger charge is -2.34. The summed E-state index contributed by atoms with van der Waals surface area (Å²) < 4.78 is 0. The predicted molar refractivity (Wildman–Crippen MR) is 58.3 cm³/mol. The number of carbonyl (C=O) groups excluding carboxylic acids is 1. The summed E-state index contributed by atoms with van der Waals surface area (Å²) in [4.78, 5) is 21.4. The molecule has 0 bridgehead atoms. The smallest absolute Gasteiger partial charge is 0.236 e. The predicted octanol–water partition coefficient (Wildman–Crippen LogP) is 1.68. The zero-order valence-electron chi connectivity index (χ0n) is 9.60. The van der Waals surface area contributed by atoms with Gasteiger partial charge in [0.1, 0.15) is 5.78 Å². The van der Waals surface area contributed by atoms with Gasteiger partial charge in [-0.3, -0.25) is 14.9 Å². The highest BCUT2D eigenvalue weighted by Crippen LogP contribution is 2.34. The molecule has 90 valence electrons. The van der Waals surface area contributed by atoms with Gasteiger partial charge in [0, 0.05) is 12.0 Å².